The Bertz CT molecular complexity index is 238. The van der Waals surface area contributed by atoms with Gasteiger partial charge in [0.2, 0.25) is 0 Å². The third kappa shape index (κ3) is 9.59. The summed E-state index contributed by atoms with van der Waals surface area (Å²) in [4.78, 5) is 0. The van der Waals surface area contributed by atoms with E-state index in [-0.39, 0.29) is 19.3 Å². The Balaban J connectivity index is 4.13. The van der Waals surface area contributed by atoms with Crippen LogP contribution in [0.15, 0.2) is 12.2 Å². The van der Waals surface area contributed by atoms with Crippen molar-refractivity contribution in [3.63, 3.8) is 0 Å². The lowest BCUT2D eigenvalue weighted by Crippen LogP contribution is -2.28. The van der Waals surface area contributed by atoms with E-state index < -0.39 is 0 Å². The normalized spacial score (nSPS) is 10.1. The monoisotopic (exact) mass is 208 g/mol. The number of allylic oxidation sites excluding steroid dienone is 1. The van der Waals surface area contributed by atoms with E-state index >= 15 is 0 Å². The summed E-state index contributed by atoms with van der Waals surface area (Å²) in [5.41, 5.74) is 0.864. The van der Waals surface area contributed by atoms with E-state index in [9.17, 15) is 0 Å². The van der Waals surface area contributed by atoms with Gasteiger partial charge in [0.15, 0.2) is 0 Å². The van der Waals surface area contributed by atoms with E-state index in [1.807, 2.05) is 34.6 Å². The summed E-state index contributed by atoms with van der Waals surface area (Å²) in [7, 11) is -0.239. The van der Waals surface area contributed by atoms with Crippen molar-refractivity contribution < 1.29 is 9.31 Å². The Labute approximate surface area is 94.2 Å². The number of hydrogen-bond donors (Lipinski definition) is 0. The van der Waals surface area contributed by atoms with E-state index in [1.54, 1.807) is 0 Å². The first-order valence-corrected chi connectivity index (χ1v) is 5.37. The zero-order valence-electron chi connectivity index (χ0n) is 10.5. The van der Waals surface area contributed by atoms with Crippen LogP contribution < -0.4 is 0 Å². The highest BCUT2D eigenvalue weighted by Gasteiger charge is 2.19. The van der Waals surface area contributed by atoms with Gasteiger partial charge in [0.1, 0.15) is 0 Å². The van der Waals surface area contributed by atoms with Crippen LogP contribution in [0.2, 0.25) is 6.32 Å². The molecule has 0 aromatic heterocycles. The highest BCUT2D eigenvalue weighted by atomic mass is 16.6. The standard InChI is InChI=1S/C12H21BO2/c1-10(2)8-7-9-13(14-11(3)4)15-12(5)6/h11-12H,1,9H2,2-6H3. The predicted molar refractivity (Wildman–Crippen MR) is 65.6 cm³/mol. The van der Waals surface area contributed by atoms with Crippen LogP contribution in [-0.2, 0) is 9.31 Å². The zero-order valence-corrected chi connectivity index (χ0v) is 10.5. The molecule has 0 unspecified atom stereocenters. The minimum atomic E-state index is -0.239. The van der Waals surface area contributed by atoms with Crippen LogP contribution in [0.25, 0.3) is 0 Å². The van der Waals surface area contributed by atoms with Crippen LogP contribution in [0.5, 0.6) is 0 Å². The molecule has 0 aliphatic heterocycles. The molecule has 0 amide bonds. The molecule has 0 saturated heterocycles. The average Bonchev–Trinajstić information content (AvgIpc) is 2.00. The zero-order chi connectivity index (χ0) is 11.8. The van der Waals surface area contributed by atoms with Crippen molar-refractivity contribution in [2.45, 2.75) is 53.1 Å². The molecular formula is C12H21BO2. The fourth-order valence-corrected chi connectivity index (χ4v) is 1.02. The van der Waals surface area contributed by atoms with E-state index in [0.29, 0.717) is 6.32 Å². The second kappa shape index (κ2) is 7.56. The van der Waals surface area contributed by atoms with Gasteiger partial charge in [0.05, 0.1) is 0 Å². The first kappa shape index (κ1) is 14.3. The number of rotatable bonds is 5. The first-order valence-electron chi connectivity index (χ1n) is 5.37. The van der Waals surface area contributed by atoms with Crippen molar-refractivity contribution in [2.24, 2.45) is 0 Å². The fourth-order valence-electron chi connectivity index (χ4n) is 1.02. The van der Waals surface area contributed by atoms with Crippen molar-refractivity contribution in [2.75, 3.05) is 0 Å². The Hall–Kier alpha value is -0.715. The maximum Gasteiger partial charge on any atom is 0.469 e. The molecule has 0 rings (SSSR count). The predicted octanol–water partition coefficient (Wildman–Crippen LogP) is 2.90. The molecule has 0 radical (unpaired) electrons. The van der Waals surface area contributed by atoms with Crippen molar-refractivity contribution in [3.05, 3.63) is 12.2 Å². The Kier molecular flexibility index (Phi) is 7.20. The van der Waals surface area contributed by atoms with Gasteiger partial charge in [-0.2, -0.15) is 0 Å². The number of hydrogen-bond acceptors (Lipinski definition) is 2. The third-order valence-electron chi connectivity index (χ3n) is 1.42. The molecule has 0 spiro atoms. The van der Waals surface area contributed by atoms with Gasteiger partial charge in [0, 0.05) is 18.5 Å². The van der Waals surface area contributed by atoms with E-state index in [0.717, 1.165) is 5.57 Å². The van der Waals surface area contributed by atoms with Gasteiger partial charge in [-0.05, 0) is 40.2 Å². The summed E-state index contributed by atoms with van der Waals surface area (Å²) in [6.07, 6.45) is 0.893. The van der Waals surface area contributed by atoms with Gasteiger partial charge in [0.25, 0.3) is 0 Å². The summed E-state index contributed by atoms with van der Waals surface area (Å²) in [5, 5.41) is 0. The molecule has 0 bridgehead atoms. The molecule has 2 nitrogen and oxygen atoms in total. The molecule has 0 atom stereocenters. The van der Waals surface area contributed by atoms with E-state index in [2.05, 4.69) is 18.4 Å². The van der Waals surface area contributed by atoms with Gasteiger partial charge in [-0.3, -0.25) is 0 Å². The van der Waals surface area contributed by atoms with Crippen LogP contribution in [0.1, 0.15) is 34.6 Å². The highest BCUT2D eigenvalue weighted by Crippen LogP contribution is 2.04. The van der Waals surface area contributed by atoms with Crippen molar-refractivity contribution >= 4 is 7.12 Å². The first-order chi connectivity index (χ1) is 6.91. The molecule has 0 aromatic rings. The minimum Gasteiger partial charge on any atom is -0.408 e. The molecule has 0 aliphatic carbocycles. The Morgan fingerprint density at radius 2 is 1.67 bits per heavy atom. The summed E-state index contributed by atoms with van der Waals surface area (Å²) < 4.78 is 11.2. The summed E-state index contributed by atoms with van der Waals surface area (Å²) in [6.45, 7) is 13.6. The Morgan fingerprint density at radius 1 is 1.20 bits per heavy atom. The molecule has 3 heteroatoms. The van der Waals surface area contributed by atoms with Crippen molar-refractivity contribution in [1.29, 1.82) is 0 Å². The molecule has 0 saturated carbocycles. The molecule has 15 heavy (non-hydrogen) atoms. The fraction of sp³-hybridized carbons (Fsp3) is 0.667. The lowest BCUT2D eigenvalue weighted by atomic mass is 9.84. The molecular weight excluding hydrogens is 187 g/mol. The maximum atomic E-state index is 5.59. The molecule has 0 aromatic carbocycles. The van der Waals surface area contributed by atoms with Crippen molar-refractivity contribution in [3.8, 4) is 11.8 Å². The molecule has 0 aliphatic rings. The molecule has 0 heterocycles. The van der Waals surface area contributed by atoms with Gasteiger partial charge in [-0.1, -0.05) is 12.5 Å². The summed E-state index contributed by atoms with van der Waals surface area (Å²) >= 11 is 0. The van der Waals surface area contributed by atoms with Crippen LogP contribution in [-0.4, -0.2) is 19.3 Å². The van der Waals surface area contributed by atoms with E-state index in [4.69, 9.17) is 9.31 Å². The van der Waals surface area contributed by atoms with Crippen molar-refractivity contribution in [1.82, 2.24) is 0 Å². The van der Waals surface area contributed by atoms with Gasteiger partial charge < -0.3 is 9.31 Å². The minimum absolute atomic E-state index is 0.153. The maximum absolute atomic E-state index is 5.59. The quantitative estimate of drug-likeness (QED) is 0.510. The van der Waals surface area contributed by atoms with Crippen LogP contribution in [0, 0.1) is 11.8 Å². The largest absolute Gasteiger partial charge is 0.469 e. The lowest BCUT2D eigenvalue weighted by molar-refractivity contribution is 0.132. The Morgan fingerprint density at radius 3 is 2.00 bits per heavy atom. The van der Waals surface area contributed by atoms with Crippen LogP contribution >= 0.6 is 0 Å². The van der Waals surface area contributed by atoms with Gasteiger partial charge >= 0.3 is 7.12 Å². The van der Waals surface area contributed by atoms with Crippen LogP contribution in [0.4, 0.5) is 0 Å². The van der Waals surface area contributed by atoms with Gasteiger partial charge in [-0.25, -0.2) is 0 Å². The summed E-state index contributed by atoms with van der Waals surface area (Å²) in [5.74, 6) is 5.91. The third-order valence-corrected chi connectivity index (χ3v) is 1.42. The average molecular weight is 208 g/mol. The second-order valence-corrected chi connectivity index (χ2v) is 4.09. The molecule has 0 fully saturated rings. The van der Waals surface area contributed by atoms with Gasteiger partial charge in [-0.15, -0.1) is 5.92 Å². The van der Waals surface area contributed by atoms with E-state index in [1.165, 1.54) is 0 Å². The molecule has 84 valence electrons. The lowest BCUT2D eigenvalue weighted by Gasteiger charge is -2.17. The SMILES string of the molecule is C=C(C)C#CCB(OC(C)C)OC(C)C. The second-order valence-electron chi connectivity index (χ2n) is 4.09. The molecule has 0 N–H and O–H groups in total. The van der Waals surface area contributed by atoms with Crippen LogP contribution in [0.3, 0.4) is 0 Å². The summed E-state index contributed by atoms with van der Waals surface area (Å²) in [6, 6.07) is 0. The topological polar surface area (TPSA) is 18.5 Å². The highest BCUT2D eigenvalue weighted by molar-refractivity contribution is 6.45. The smallest absolute Gasteiger partial charge is 0.408 e.